The molecule has 6 nitrogen and oxygen atoms in total. The van der Waals surface area contributed by atoms with Gasteiger partial charge in [-0.3, -0.25) is 4.72 Å². The number of aromatic carboxylic acids is 1. The average Bonchev–Trinajstić information content (AvgIpc) is 2.92. The van der Waals surface area contributed by atoms with E-state index in [4.69, 9.17) is 9.84 Å². The van der Waals surface area contributed by atoms with E-state index >= 15 is 0 Å². The topological polar surface area (TPSA) is 92.7 Å². The molecule has 2 rings (SSSR count). The number of carboxylic acids is 1. The van der Waals surface area contributed by atoms with Gasteiger partial charge in [0.25, 0.3) is 10.0 Å². The number of hydrogen-bond donors (Lipinski definition) is 2. The van der Waals surface area contributed by atoms with Crippen molar-refractivity contribution >= 4 is 33.0 Å². The zero-order valence-corrected chi connectivity index (χ0v) is 12.3. The number of methoxy groups -OCH3 is 1. The van der Waals surface area contributed by atoms with Crippen LogP contribution in [-0.2, 0) is 10.0 Å². The fourth-order valence-electron chi connectivity index (χ4n) is 1.49. The van der Waals surface area contributed by atoms with E-state index in [2.05, 4.69) is 4.72 Å². The monoisotopic (exact) mass is 331 g/mol. The Bertz CT molecular complexity index is 785. The van der Waals surface area contributed by atoms with Crippen molar-refractivity contribution in [2.45, 2.75) is 4.90 Å². The van der Waals surface area contributed by atoms with Crippen LogP contribution in [0.25, 0.3) is 0 Å². The highest BCUT2D eigenvalue weighted by atomic mass is 32.2. The molecule has 1 heterocycles. The molecule has 0 bridgehead atoms. The van der Waals surface area contributed by atoms with Crippen LogP contribution < -0.4 is 9.46 Å². The molecule has 1 aromatic carbocycles. The third kappa shape index (κ3) is 3.31. The fourth-order valence-corrected chi connectivity index (χ4v) is 3.65. The van der Waals surface area contributed by atoms with E-state index in [1.54, 1.807) is 0 Å². The van der Waals surface area contributed by atoms with Crippen molar-refractivity contribution in [2.24, 2.45) is 0 Å². The number of ether oxygens (including phenoxy) is 1. The lowest BCUT2D eigenvalue weighted by atomic mass is 10.3. The van der Waals surface area contributed by atoms with Crippen molar-refractivity contribution < 1.29 is 27.4 Å². The van der Waals surface area contributed by atoms with Gasteiger partial charge in [-0.1, -0.05) is 0 Å². The Morgan fingerprint density at radius 2 is 2.10 bits per heavy atom. The van der Waals surface area contributed by atoms with Crippen LogP contribution in [0.2, 0.25) is 0 Å². The molecule has 0 saturated carbocycles. The number of carbonyl (C=O) groups is 1. The van der Waals surface area contributed by atoms with Gasteiger partial charge in [-0.25, -0.2) is 17.6 Å². The van der Waals surface area contributed by atoms with Gasteiger partial charge < -0.3 is 9.84 Å². The highest BCUT2D eigenvalue weighted by Crippen LogP contribution is 2.26. The Labute approximate surface area is 123 Å². The van der Waals surface area contributed by atoms with Crippen molar-refractivity contribution in [3.63, 3.8) is 0 Å². The highest BCUT2D eigenvalue weighted by molar-refractivity contribution is 7.92. The fraction of sp³-hybridized carbons (Fsp3) is 0.0833. The molecule has 0 spiro atoms. The van der Waals surface area contributed by atoms with E-state index in [9.17, 15) is 17.6 Å². The summed E-state index contributed by atoms with van der Waals surface area (Å²) in [4.78, 5) is 10.4. The zero-order valence-electron chi connectivity index (χ0n) is 10.7. The zero-order chi connectivity index (χ0) is 15.6. The predicted molar refractivity (Wildman–Crippen MR) is 75.0 cm³/mol. The van der Waals surface area contributed by atoms with E-state index in [0.29, 0.717) is 0 Å². The van der Waals surface area contributed by atoms with Gasteiger partial charge >= 0.3 is 5.97 Å². The van der Waals surface area contributed by atoms with Crippen molar-refractivity contribution in [3.05, 3.63) is 40.3 Å². The van der Waals surface area contributed by atoms with Crippen molar-refractivity contribution in [2.75, 3.05) is 11.8 Å². The molecule has 0 atom stereocenters. The number of sulfonamides is 1. The van der Waals surface area contributed by atoms with Gasteiger partial charge in [-0.2, -0.15) is 0 Å². The maximum Gasteiger partial charge on any atom is 0.345 e. The summed E-state index contributed by atoms with van der Waals surface area (Å²) in [6, 6.07) is 4.61. The van der Waals surface area contributed by atoms with Crippen LogP contribution in [0.1, 0.15) is 9.67 Å². The number of hydrogen-bond acceptors (Lipinski definition) is 5. The summed E-state index contributed by atoms with van der Waals surface area (Å²) in [7, 11) is -2.71. The Kier molecular flexibility index (Phi) is 4.14. The smallest absolute Gasteiger partial charge is 0.345 e. The first-order valence-corrected chi connectivity index (χ1v) is 7.88. The standard InChI is InChI=1S/C12H10FNO5S2/c1-19-7-2-3-9(13)10(4-7)14-21(17,18)8-5-11(12(15)16)20-6-8/h2-6,14H,1H3,(H,15,16). The van der Waals surface area contributed by atoms with Gasteiger partial charge in [0.15, 0.2) is 0 Å². The van der Waals surface area contributed by atoms with E-state index < -0.39 is 21.8 Å². The first-order chi connectivity index (χ1) is 9.83. The molecule has 0 saturated heterocycles. The van der Waals surface area contributed by atoms with Crippen molar-refractivity contribution in [1.29, 1.82) is 0 Å². The van der Waals surface area contributed by atoms with E-state index in [1.807, 2.05) is 0 Å². The molecule has 0 aliphatic carbocycles. The van der Waals surface area contributed by atoms with Gasteiger partial charge in [0, 0.05) is 11.4 Å². The normalized spacial score (nSPS) is 11.1. The lowest BCUT2D eigenvalue weighted by molar-refractivity contribution is 0.0702. The molecule has 0 radical (unpaired) electrons. The third-order valence-corrected chi connectivity index (χ3v) is 4.93. The second-order valence-corrected chi connectivity index (χ2v) is 6.50. The van der Waals surface area contributed by atoms with Gasteiger partial charge in [-0.05, 0) is 18.2 Å². The quantitative estimate of drug-likeness (QED) is 0.877. The van der Waals surface area contributed by atoms with Gasteiger partial charge in [0.1, 0.15) is 16.4 Å². The molecule has 0 unspecified atom stereocenters. The van der Waals surface area contributed by atoms with E-state index in [-0.39, 0.29) is 21.2 Å². The number of carboxylic acid groups (broad SMARTS) is 1. The summed E-state index contributed by atoms with van der Waals surface area (Å²) in [6.07, 6.45) is 0. The second kappa shape index (κ2) is 5.70. The molecule has 0 aliphatic heterocycles. The Hall–Kier alpha value is -2.13. The third-order valence-electron chi connectivity index (χ3n) is 2.51. The second-order valence-electron chi connectivity index (χ2n) is 3.90. The van der Waals surface area contributed by atoms with E-state index in [1.165, 1.54) is 24.6 Å². The molecule has 112 valence electrons. The lowest BCUT2D eigenvalue weighted by Crippen LogP contribution is -2.13. The van der Waals surface area contributed by atoms with Gasteiger partial charge in [0.05, 0.1) is 17.7 Å². The number of halogens is 1. The largest absolute Gasteiger partial charge is 0.497 e. The van der Waals surface area contributed by atoms with Crippen LogP contribution in [0.5, 0.6) is 5.75 Å². The maximum atomic E-state index is 13.6. The minimum absolute atomic E-state index is 0.124. The van der Waals surface area contributed by atoms with Crippen molar-refractivity contribution in [3.8, 4) is 5.75 Å². The summed E-state index contributed by atoms with van der Waals surface area (Å²) >= 11 is 0.770. The number of nitrogens with one attached hydrogen (secondary N) is 1. The summed E-state index contributed by atoms with van der Waals surface area (Å²) < 4.78 is 44.7. The molecule has 0 fully saturated rings. The number of rotatable bonds is 5. The molecule has 1 aromatic heterocycles. The van der Waals surface area contributed by atoms with Crippen LogP contribution in [0.4, 0.5) is 10.1 Å². The summed E-state index contributed by atoms with van der Waals surface area (Å²) in [5.41, 5.74) is -0.280. The number of thiophene rings is 1. The minimum atomic E-state index is -4.07. The number of benzene rings is 1. The Balaban J connectivity index is 2.34. The summed E-state index contributed by atoms with van der Waals surface area (Å²) in [5.74, 6) is -1.72. The van der Waals surface area contributed by atoms with Gasteiger partial charge in [-0.15, -0.1) is 11.3 Å². The SMILES string of the molecule is COc1ccc(F)c(NS(=O)(=O)c2csc(C(=O)O)c2)c1. The van der Waals surface area contributed by atoms with Crippen LogP contribution >= 0.6 is 11.3 Å². The molecule has 0 amide bonds. The van der Waals surface area contributed by atoms with E-state index in [0.717, 1.165) is 23.5 Å². The lowest BCUT2D eigenvalue weighted by Gasteiger charge is -2.09. The minimum Gasteiger partial charge on any atom is -0.497 e. The first kappa shape index (κ1) is 15.3. The Morgan fingerprint density at radius 3 is 2.67 bits per heavy atom. The van der Waals surface area contributed by atoms with Crippen LogP contribution in [0, 0.1) is 5.82 Å². The van der Waals surface area contributed by atoms with Crippen molar-refractivity contribution in [1.82, 2.24) is 0 Å². The molecular formula is C12H10FNO5S2. The molecular weight excluding hydrogens is 321 g/mol. The molecule has 2 aromatic rings. The van der Waals surface area contributed by atoms with Crippen LogP contribution in [0.3, 0.4) is 0 Å². The van der Waals surface area contributed by atoms with Gasteiger partial charge in [0.2, 0.25) is 0 Å². The predicted octanol–water partition coefficient (Wildman–Crippen LogP) is 2.39. The molecule has 0 aliphatic rings. The number of anilines is 1. The summed E-state index contributed by atoms with van der Waals surface area (Å²) in [6.45, 7) is 0. The first-order valence-electron chi connectivity index (χ1n) is 5.51. The van der Waals surface area contributed by atoms with Crippen LogP contribution in [-0.4, -0.2) is 26.6 Å². The Morgan fingerprint density at radius 1 is 1.38 bits per heavy atom. The van der Waals surface area contributed by atoms with Crippen LogP contribution in [0.15, 0.2) is 34.5 Å². The molecule has 21 heavy (non-hydrogen) atoms. The summed E-state index contributed by atoms with van der Waals surface area (Å²) in [5, 5.41) is 9.96. The molecule has 2 N–H and O–H groups in total. The maximum absolute atomic E-state index is 13.6. The molecule has 9 heteroatoms. The average molecular weight is 331 g/mol. The highest BCUT2D eigenvalue weighted by Gasteiger charge is 2.20.